The molecule has 0 unspecified atom stereocenters. The Labute approximate surface area is 108 Å². The Morgan fingerprint density at radius 1 is 1.26 bits per heavy atom. The summed E-state index contributed by atoms with van der Waals surface area (Å²) in [7, 11) is 0. The van der Waals surface area contributed by atoms with Crippen molar-refractivity contribution in [3.63, 3.8) is 0 Å². The van der Waals surface area contributed by atoms with Crippen molar-refractivity contribution in [3.05, 3.63) is 48.2 Å². The largest absolute Gasteiger partial charge is 0.409 e. The zero-order valence-corrected chi connectivity index (χ0v) is 9.91. The second-order valence-electron chi connectivity index (χ2n) is 4.03. The number of H-pyrrole nitrogens is 1. The monoisotopic (exact) mass is 253 g/mol. The first-order valence-corrected chi connectivity index (χ1v) is 5.67. The first-order valence-electron chi connectivity index (χ1n) is 5.67. The fourth-order valence-electron chi connectivity index (χ4n) is 1.87. The lowest BCUT2D eigenvalue weighted by atomic mass is 10.1. The summed E-state index contributed by atoms with van der Waals surface area (Å²) in [4.78, 5) is 11.7. The van der Waals surface area contributed by atoms with Crippen LogP contribution in [0, 0.1) is 0 Å². The van der Waals surface area contributed by atoms with E-state index in [1.807, 2.05) is 24.3 Å². The van der Waals surface area contributed by atoms with Crippen molar-refractivity contribution in [2.75, 3.05) is 0 Å². The van der Waals surface area contributed by atoms with Crippen LogP contribution in [-0.4, -0.2) is 26.0 Å². The Kier molecular flexibility index (Phi) is 2.60. The van der Waals surface area contributed by atoms with Gasteiger partial charge in [-0.2, -0.15) is 0 Å². The van der Waals surface area contributed by atoms with Gasteiger partial charge in [-0.3, -0.25) is 0 Å². The highest BCUT2D eigenvalue weighted by Crippen LogP contribution is 2.20. The molecule has 0 fully saturated rings. The third kappa shape index (κ3) is 1.99. The molecule has 0 spiro atoms. The molecular formula is C13H11N5O. The van der Waals surface area contributed by atoms with Crippen molar-refractivity contribution >= 4 is 17.0 Å². The molecule has 6 nitrogen and oxygen atoms in total. The van der Waals surface area contributed by atoms with Crippen LogP contribution in [-0.2, 0) is 0 Å². The van der Waals surface area contributed by atoms with Crippen LogP contribution in [0.15, 0.2) is 47.8 Å². The number of benzene rings is 1. The van der Waals surface area contributed by atoms with Crippen molar-refractivity contribution in [3.8, 4) is 11.4 Å². The standard InChI is InChI=1S/C13H11N5O/c14-11(18-19)8-3-1-4-9(7-8)12-16-10-5-2-6-15-13(10)17-12/h1-7,19H,(H2,14,18)(H,15,16,17). The second kappa shape index (κ2) is 4.41. The summed E-state index contributed by atoms with van der Waals surface area (Å²) in [6.45, 7) is 0. The van der Waals surface area contributed by atoms with E-state index in [0.717, 1.165) is 11.1 Å². The first kappa shape index (κ1) is 11.2. The zero-order valence-electron chi connectivity index (χ0n) is 9.91. The quantitative estimate of drug-likeness (QED) is 0.280. The minimum absolute atomic E-state index is 0.0658. The second-order valence-corrected chi connectivity index (χ2v) is 4.03. The number of aromatic nitrogens is 3. The molecule has 4 N–H and O–H groups in total. The van der Waals surface area contributed by atoms with Gasteiger partial charge in [0.05, 0.1) is 5.52 Å². The number of nitrogens with two attached hydrogens (primary N) is 1. The number of imidazole rings is 1. The van der Waals surface area contributed by atoms with E-state index in [0.29, 0.717) is 17.0 Å². The highest BCUT2D eigenvalue weighted by atomic mass is 16.4. The van der Waals surface area contributed by atoms with Gasteiger partial charge in [0.1, 0.15) is 5.82 Å². The maximum absolute atomic E-state index is 8.69. The lowest BCUT2D eigenvalue weighted by Gasteiger charge is -2.01. The van der Waals surface area contributed by atoms with Gasteiger partial charge in [0.25, 0.3) is 0 Å². The van der Waals surface area contributed by atoms with E-state index in [1.165, 1.54) is 0 Å². The van der Waals surface area contributed by atoms with Crippen LogP contribution in [0.5, 0.6) is 0 Å². The number of aromatic amines is 1. The van der Waals surface area contributed by atoms with Crippen molar-refractivity contribution in [1.29, 1.82) is 0 Å². The topological polar surface area (TPSA) is 100 Å². The molecule has 0 aliphatic heterocycles. The molecule has 2 aromatic heterocycles. The minimum Gasteiger partial charge on any atom is -0.409 e. The fraction of sp³-hybridized carbons (Fsp3) is 0. The summed E-state index contributed by atoms with van der Waals surface area (Å²) in [5.41, 5.74) is 8.58. The molecule has 1 aromatic carbocycles. The Bertz CT molecular complexity index is 729. The SMILES string of the molecule is NC(=NO)c1cccc(-c2nc3ncccc3[nH]2)c1. The highest BCUT2D eigenvalue weighted by molar-refractivity contribution is 5.98. The van der Waals surface area contributed by atoms with Gasteiger partial charge in [-0.15, -0.1) is 0 Å². The number of pyridine rings is 1. The molecule has 0 saturated heterocycles. The highest BCUT2D eigenvalue weighted by Gasteiger charge is 2.07. The maximum Gasteiger partial charge on any atom is 0.178 e. The number of nitrogens with one attached hydrogen (secondary N) is 1. The molecule has 0 aliphatic rings. The third-order valence-corrected chi connectivity index (χ3v) is 2.80. The van der Waals surface area contributed by atoms with Crippen molar-refractivity contribution in [1.82, 2.24) is 15.0 Å². The molecule has 6 heteroatoms. The van der Waals surface area contributed by atoms with Gasteiger partial charge >= 0.3 is 0 Å². The van der Waals surface area contributed by atoms with Crippen LogP contribution >= 0.6 is 0 Å². The minimum atomic E-state index is 0.0658. The van der Waals surface area contributed by atoms with Gasteiger partial charge in [0.15, 0.2) is 11.5 Å². The molecule has 94 valence electrons. The average Bonchev–Trinajstić information content (AvgIpc) is 2.90. The van der Waals surface area contributed by atoms with Crippen LogP contribution in [0.1, 0.15) is 5.56 Å². The molecule has 3 rings (SSSR count). The predicted molar refractivity (Wildman–Crippen MR) is 71.8 cm³/mol. The first-order chi connectivity index (χ1) is 9.28. The molecule has 3 aromatic rings. The van der Waals surface area contributed by atoms with E-state index in [1.54, 1.807) is 18.3 Å². The van der Waals surface area contributed by atoms with Crippen LogP contribution < -0.4 is 5.73 Å². The molecule has 0 bridgehead atoms. The van der Waals surface area contributed by atoms with Crippen LogP contribution in [0.3, 0.4) is 0 Å². The lowest BCUT2D eigenvalue weighted by molar-refractivity contribution is 0.318. The zero-order chi connectivity index (χ0) is 13.2. The summed E-state index contributed by atoms with van der Waals surface area (Å²) >= 11 is 0. The van der Waals surface area contributed by atoms with E-state index >= 15 is 0 Å². The van der Waals surface area contributed by atoms with Gasteiger partial charge in [0, 0.05) is 17.3 Å². The van der Waals surface area contributed by atoms with Gasteiger partial charge < -0.3 is 15.9 Å². The molecule has 2 heterocycles. The lowest BCUT2D eigenvalue weighted by Crippen LogP contribution is -2.12. The summed E-state index contributed by atoms with van der Waals surface area (Å²) < 4.78 is 0. The summed E-state index contributed by atoms with van der Waals surface area (Å²) in [5, 5.41) is 11.7. The molecule has 19 heavy (non-hydrogen) atoms. The number of amidine groups is 1. The van der Waals surface area contributed by atoms with Crippen LogP contribution in [0.25, 0.3) is 22.6 Å². The number of hydrogen-bond donors (Lipinski definition) is 3. The predicted octanol–water partition coefficient (Wildman–Crippen LogP) is 1.72. The number of hydrogen-bond acceptors (Lipinski definition) is 4. The van der Waals surface area contributed by atoms with Gasteiger partial charge in [-0.05, 0) is 18.2 Å². The summed E-state index contributed by atoms with van der Waals surface area (Å²) in [6, 6.07) is 11.0. The molecule has 0 saturated carbocycles. The third-order valence-electron chi connectivity index (χ3n) is 2.80. The van der Waals surface area contributed by atoms with E-state index in [9.17, 15) is 0 Å². The molecular weight excluding hydrogens is 242 g/mol. The number of nitrogens with zero attached hydrogens (tertiary/aromatic N) is 3. The fourth-order valence-corrected chi connectivity index (χ4v) is 1.87. The molecule has 0 amide bonds. The van der Waals surface area contributed by atoms with Gasteiger partial charge in [-0.25, -0.2) is 9.97 Å². The Morgan fingerprint density at radius 2 is 2.16 bits per heavy atom. The van der Waals surface area contributed by atoms with E-state index in [-0.39, 0.29) is 5.84 Å². The Morgan fingerprint density at radius 3 is 2.95 bits per heavy atom. The smallest absolute Gasteiger partial charge is 0.178 e. The Balaban J connectivity index is 2.11. The number of rotatable bonds is 2. The normalized spacial score (nSPS) is 11.9. The number of fused-ring (bicyclic) bond motifs is 1. The van der Waals surface area contributed by atoms with Crippen LogP contribution in [0.4, 0.5) is 0 Å². The summed E-state index contributed by atoms with van der Waals surface area (Å²) in [6.07, 6.45) is 1.69. The summed E-state index contributed by atoms with van der Waals surface area (Å²) in [5.74, 6) is 0.761. The van der Waals surface area contributed by atoms with Crippen molar-refractivity contribution < 1.29 is 5.21 Å². The average molecular weight is 253 g/mol. The molecule has 0 aliphatic carbocycles. The van der Waals surface area contributed by atoms with Crippen molar-refractivity contribution in [2.24, 2.45) is 10.9 Å². The number of oxime groups is 1. The van der Waals surface area contributed by atoms with Crippen molar-refractivity contribution in [2.45, 2.75) is 0 Å². The van der Waals surface area contributed by atoms with E-state index < -0.39 is 0 Å². The van der Waals surface area contributed by atoms with Gasteiger partial charge in [0.2, 0.25) is 0 Å². The molecule has 0 radical (unpaired) electrons. The van der Waals surface area contributed by atoms with E-state index in [4.69, 9.17) is 10.9 Å². The van der Waals surface area contributed by atoms with Crippen LogP contribution in [0.2, 0.25) is 0 Å². The molecule has 0 atom stereocenters. The Hall–Kier alpha value is -2.89. The van der Waals surface area contributed by atoms with Gasteiger partial charge in [-0.1, -0.05) is 23.4 Å². The van der Waals surface area contributed by atoms with E-state index in [2.05, 4.69) is 20.1 Å². The maximum atomic E-state index is 8.69.